The molecule has 1 fully saturated rings. The number of pyridine rings is 1. The van der Waals surface area contributed by atoms with Crippen LogP contribution >= 0.6 is 22.9 Å². The standard InChI is InChI=1S/C30H34ClN7O2S/c1-21-4-2-7-26(34-21)37-15-12-35(13-16-37)14-17-38-20-33-29-27(30(38)40)24-8-10-36(19-25(24)41-29)11-9-32-28(39)22-5-3-6-23(31)18-22/h2-7,18,20H,8-17,19H2,1H3,(H,32,39). The number of halogens is 1. The third kappa shape index (κ3) is 6.30. The Morgan fingerprint density at radius 1 is 1.02 bits per heavy atom. The largest absolute Gasteiger partial charge is 0.354 e. The van der Waals surface area contributed by atoms with Crippen LogP contribution in [0.15, 0.2) is 53.6 Å². The van der Waals surface area contributed by atoms with Crippen LogP contribution < -0.4 is 15.8 Å². The van der Waals surface area contributed by atoms with Gasteiger partial charge in [0.2, 0.25) is 0 Å². The van der Waals surface area contributed by atoms with Gasteiger partial charge >= 0.3 is 0 Å². The Morgan fingerprint density at radius 2 is 1.85 bits per heavy atom. The molecule has 5 heterocycles. The van der Waals surface area contributed by atoms with Crippen molar-refractivity contribution in [1.29, 1.82) is 0 Å². The van der Waals surface area contributed by atoms with Gasteiger partial charge in [0.15, 0.2) is 0 Å². The highest BCUT2D eigenvalue weighted by Crippen LogP contribution is 2.32. The molecule has 1 saturated heterocycles. The highest BCUT2D eigenvalue weighted by Gasteiger charge is 2.24. The van der Waals surface area contributed by atoms with Crippen LogP contribution in [-0.2, 0) is 19.5 Å². The lowest BCUT2D eigenvalue weighted by Gasteiger charge is -2.35. The summed E-state index contributed by atoms with van der Waals surface area (Å²) >= 11 is 7.63. The lowest BCUT2D eigenvalue weighted by atomic mass is 10.1. The van der Waals surface area contributed by atoms with E-state index < -0.39 is 0 Å². The molecule has 9 nitrogen and oxygen atoms in total. The van der Waals surface area contributed by atoms with Crippen molar-refractivity contribution < 1.29 is 4.79 Å². The van der Waals surface area contributed by atoms with Crippen LogP contribution in [0.4, 0.5) is 5.82 Å². The Bertz CT molecular complexity index is 1610. The SMILES string of the molecule is Cc1cccc(N2CCN(CCn3cnc4sc5c(c4c3=O)CCN(CCNC(=O)c3cccc(Cl)c3)C5)CC2)n1. The van der Waals surface area contributed by atoms with E-state index in [-0.39, 0.29) is 11.5 Å². The molecule has 214 valence electrons. The van der Waals surface area contributed by atoms with Crippen LogP contribution in [0.25, 0.3) is 10.2 Å². The van der Waals surface area contributed by atoms with Gasteiger partial charge in [0, 0.05) is 86.6 Å². The quantitative estimate of drug-likeness (QED) is 0.336. The van der Waals surface area contributed by atoms with E-state index in [2.05, 4.69) is 42.1 Å². The van der Waals surface area contributed by atoms with E-state index in [1.54, 1.807) is 46.5 Å². The molecule has 0 atom stereocenters. The molecule has 0 saturated carbocycles. The molecule has 0 unspecified atom stereocenters. The van der Waals surface area contributed by atoms with Gasteiger partial charge in [-0.3, -0.25) is 24.0 Å². The first-order valence-corrected chi connectivity index (χ1v) is 15.3. The molecule has 4 aromatic rings. The minimum atomic E-state index is -0.123. The smallest absolute Gasteiger partial charge is 0.262 e. The number of hydrogen-bond donors (Lipinski definition) is 1. The van der Waals surface area contributed by atoms with E-state index in [0.29, 0.717) is 23.7 Å². The summed E-state index contributed by atoms with van der Waals surface area (Å²) < 4.78 is 1.78. The van der Waals surface area contributed by atoms with Crippen molar-refractivity contribution in [2.45, 2.75) is 26.4 Å². The fourth-order valence-corrected chi connectivity index (χ4v) is 7.05. The summed E-state index contributed by atoms with van der Waals surface area (Å²) in [5.74, 6) is 0.917. The molecule has 0 spiro atoms. The fourth-order valence-electron chi connectivity index (χ4n) is 5.64. The Morgan fingerprint density at radius 3 is 2.66 bits per heavy atom. The first kappa shape index (κ1) is 27.8. The number of piperazine rings is 1. The molecule has 0 radical (unpaired) electrons. The number of aryl methyl sites for hydroxylation is 1. The predicted octanol–water partition coefficient (Wildman–Crippen LogP) is 3.43. The summed E-state index contributed by atoms with van der Waals surface area (Å²) in [6.45, 7) is 10.1. The molecule has 1 aromatic carbocycles. The number of carbonyl (C=O) groups excluding carboxylic acids is 1. The average Bonchev–Trinajstić information content (AvgIpc) is 3.36. The number of aromatic nitrogens is 3. The van der Waals surface area contributed by atoms with E-state index in [0.717, 1.165) is 86.1 Å². The van der Waals surface area contributed by atoms with Gasteiger partial charge < -0.3 is 10.2 Å². The Balaban J connectivity index is 1.03. The van der Waals surface area contributed by atoms with Crippen LogP contribution in [0.2, 0.25) is 5.02 Å². The molecule has 41 heavy (non-hydrogen) atoms. The van der Waals surface area contributed by atoms with Crippen molar-refractivity contribution in [2.24, 2.45) is 0 Å². The fraction of sp³-hybridized carbons (Fsp3) is 0.400. The van der Waals surface area contributed by atoms with Crippen LogP contribution in [0, 0.1) is 6.92 Å². The summed E-state index contributed by atoms with van der Waals surface area (Å²) in [5, 5.41) is 4.32. The molecule has 0 bridgehead atoms. The van der Waals surface area contributed by atoms with E-state index in [1.165, 1.54) is 4.88 Å². The third-order valence-electron chi connectivity index (χ3n) is 7.93. The topological polar surface area (TPSA) is 86.6 Å². The lowest BCUT2D eigenvalue weighted by molar-refractivity contribution is 0.0947. The van der Waals surface area contributed by atoms with Gasteiger partial charge in [-0.25, -0.2) is 9.97 Å². The van der Waals surface area contributed by atoms with E-state index in [9.17, 15) is 9.59 Å². The van der Waals surface area contributed by atoms with E-state index in [4.69, 9.17) is 11.6 Å². The maximum atomic E-state index is 13.5. The molecule has 2 aliphatic heterocycles. The number of nitrogens with zero attached hydrogens (tertiary/aromatic N) is 6. The zero-order chi connectivity index (χ0) is 28.3. The molecule has 11 heteroatoms. The van der Waals surface area contributed by atoms with Gasteiger partial charge in [-0.15, -0.1) is 11.3 Å². The molecular formula is C30H34ClN7O2S. The van der Waals surface area contributed by atoms with E-state index in [1.807, 2.05) is 13.0 Å². The first-order chi connectivity index (χ1) is 19.9. The van der Waals surface area contributed by atoms with Crippen LogP contribution in [0.5, 0.6) is 0 Å². The number of carbonyl (C=O) groups is 1. The molecule has 1 N–H and O–H groups in total. The Kier molecular flexibility index (Phi) is 8.34. The molecule has 2 aliphatic rings. The number of benzene rings is 1. The Hall–Kier alpha value is -3.31. The Labute approximate surface area is 248 Å². The number of thiophene rings is 1. The average molecular weight is 592 g/mol. The van der Waals surface area contributed by atoms with E-state index >= 15 is 0 Å². The van der Waals surface area contributed by atoms with Gasteiger partial charge in [0.1, 0.15) is 10.6 Å². The van der Waals surface area contributed by atoms with Crippen molar-refractivity contribution >= 4 is 44.9 Å². The number of anilines is 1. The normalized spacial score (nSPS) is 16.2. The summed E-state index contributed by atoms with van der Waals surface area (Å²) in [4.78, 5) is 44.4. The third-order valence-corrected chi connectivity index (χ3v) is 9.29. The summed E-state index contributed by atoms with van der Waals surface area (Å²) in [6.07, 6.45) is 2.52. The van der Waals surface area contributed by atoms with Gasteiger partial charge in [0.25, 0.3) is 11.5 Å². The lowest BCUT2D eigenvalue weighted by Crippen LogP contribution is -2.47. The van der Waals surface area contributed by atoms with Gasteiger partial charge in [-0.2, -0.15) is 0 Å². The number of hydrogen-bond acceptors (Lipinski definition) is 8. The monoisotopic (exact) mass is 591 g/mol. The number of amides is 1. The second-order valence-electron chi connectivity index (χ2n) is 10.7. The zero-order valence-electron chi connectivity index (χ0n) is 23.2. The van der Waals surface area contributed by atoms with Crippen molar-refractivity contribution in [1.82, 2.24) is 29.7 Å². The first-order valence-electron chi connectivity index (χ1n) is 14.1. The molecule has 1 amide bonds. The van der Waals surface area contributed by atoms with Gasteiger partial charge in [0.05, 0.1) is 11.7 Å². The summed E-state index contributed by atoms with van der Waals surface area (Å²) in [6, 6.07) is 13.1. The number of rotatable bonds is 8. The van der Waals surface area contributed by atoms with Crippen LogP contribution in [-0.4, -0.2) is 82.6 Å². The molecule has 0 aliphatic carbocycles. The van der Waals surface area contributed by atoms with Crippen LogP contribution in [0.1, 0.15) is 26.5 Å². The second kappa shape index (κ2) is 12.3. The van der Waals surface area contributed by atoms with Gasteiger partial charge in [-0.1, -0.05) is 23.7 Å². The minimum absolute atomic E-state index is 0.0670. The number of fused-ring (bicyclic) bond motifs is 3. The minimum Gasteiger partial charge on any atom is -0.354 e. The second-order valence-corrected chi connectivity index (χ2v) is 12.2. The van der Waals surface area contributed by atoms with Crippen molar-refractivity contribution in [3.8, 4) is 0 Å². The van der Waals surface area contributed by atoms with Crippen LogP contribution in [0.3, 0.4) is 0 Å². The summed E-state index contributed by atoms with van der Waals surface area (Å²) in [7, 11) is 0. The number of nitrogens with one attached hydrogen (secondary N) is 1. The van der Waals surface area contributed by atoms with Crippen molar-refractivity contribution in [3.63, 3.8) is 0 Å². The summed E-state index contributed by atoms with van der Waals surface area (Å²) in [5.41, 5.74) is 2.81. The predicted molar refractivity (Wildman–Crippen MR) is 164 cm³/mol. The molecule has 3 aromatic heterocycles. The maximum Gasteiger partial charge on any atom is 0.262 e. The maximum absolute atomic E-state index is 13.5. The highest BCUT2D eigenvalue weighted by atomic mass is 35.5. The zero-order valence-corrected chi connectivity index (χ0v) is 24.8. The van der Waals surface area contributed by atoms with Gasteiger partial charge in [-0.05, 0) is 49.2 Å². The molecular weight excluding hydrogens is 558 g/mol. The molecule has 6 rings (SSSR count). The highest BCUT2D eigenvalue weighted by molar-refractivity contribution is 7.18. The van der Waals surface area contributed by atoms with Crippen molar-refractivity contribution in [3.05, 3.63) is 85.9 Å². The van der Waals surface area contributed by atoms with Crippen molar-refractivity contribution in [2.75, 3.05) is 57.3 Å².